The van der Waals surface area contributed by atoms with Crippen molar-refractivity contribution >= 4 is 28.6 Å². The summed E-state index contributed by atoms with van der Waals surface area (Å²) in [5.41, 5.74) is -0.0826. The number of ether oxygens (including phenoxy) is 2. The topological polar surface area (TPSA) is 68.7 Å². The molecule has 0 aliphatic carbocycles. The third kappa shape index (κ3) is 4.20. The molecule has 1 heterocycles. The predicted molar refractivity (Wildman–Crippen MR) is 61.0 cm³/mol. The summed E-state index contributed by atoms with van der Waals surface area (Å²) in [6.07, 6.45) is -5.22. The Morgan fingerprint density at radius 3 is 2.67 bits per heavy atom. The molecule has 0 aliphatic rings. The van der Waals surface area contributed by atoms with E-state index in [2.05, 4.69) is 14.5 Å². The summed E-state index contributed by atoms with van der Waals surface area (Å²) in [7, 11) is 1.14. The molecule has 18 heavy (non-hydrogen) atoms. The highest BCUT2D eigenvalue weighted by Gasteiger charge is 2.32. The lowest BCUT2D eigenvalue weighted by Gasteiger charge is -2.11. The van der Waals surface area contributed by atoms with Crippen LogP contribution in [-0.2, 0) is 16.0 Å². The molecule has 0 unspecified atom stereocenters. The lowest BCUT2D eigenvalue weighted by atomic mass is 10.2. The van der Waals surface area contributed by atoms with Gasteiger partial charge in [-0.15, -0.1) is 13.2 Å². The summed E-state index contributed by atoms with van der Waals surface area (Å²) in [6, 6.07) is 0.751. The number of aromatic hydroxyl groups is 1. The average molecular weight is 377 g/mol. The van der Waals surface area contributed by atoms with Crippen molar-refractivity contribution in [1.29, 1.82) is 0 Å². The van der Waals surface area contributed by atoms with Crippen molar-refractivity contribution in [1.82, 2.24) is 4.98 Å². The van der Waals surface area contributed by atoms with Gasteiger partial charge in [-0.05, 0) is 22.6 Å². The first kappa shape index (κ1) is 14.8. The molecule has 1 aromatic heterocycles. The number of pyridine rings is 1. The Morgan fingerprint density at radius 2 is 2.17 bits per heavy atom. The monoisotopic (exact) mass is 377 g/mol. The molecule has 1 N–H and O–H groups in total. The van der Waals surface area contributed by atoms with Crippen LogP contribution in [-0.4, -0.2) is 29.5 Å². The minimum atomic E-state index is -4.88. The van der Waals surface area contributed by atoms with Crippen LogP contribution in [0.1, 0.15) is 5.69 Å². The second-order valence-electron chi connectivity index (χ2n) is 3.04. The molecule has 1 aromatic rings. The summed E-state index contributed by atoms with van der Waals surface area (Å²) in [5.74, 6) is -1.87. The third-order valence-electron chi connectivity index (χ3n) is 1.77. The molecule has 0 aliphatic heterocycles. The van der Waals surface area contributed by atoms with E-state index in [9.17, 15) is 23.1 Å². The first-order valence-corrected chi connectivity index (χ1v) is 5.51. The minimum Gasteiger partial charge on any atom is -0.506 e. The van der Waals surface area contributed by atoms with Crippen LogP contribution in [0.5, 0.6) is 11.5 Å². The van der Waals surface area contributed by atoms with Crippen molar-refractivity contribution in [2.75, 3.05) is 7.11 Å². The molecular formula is C9H7F3INO4. The summed E-state index contributed by atoms with van der Waals surface area (Å²) in [4.78, 5) is 14.6. The van der Waals surface area contributed by atoms with E-state index in [1.807, 2.05) is 0 Å². The van der Waals surface area contributed by atoms with Crippen LogP contribution < -0.4 is 4.74 Å². The Kier molecular flexibility index (Phi) is 4.59. The number of esters is 1. The van der Waals surface area contributed by atoms with E-state index in [1.54, 1.807) is 0 Å². The summed E-state index contributed by atoms with van der Waals surface area (Å²) in [5, 5.41) is 9.44. The highest BCUT2D eigenvalue weighted by Crippen LogP contribution is 2.31. The quantitative estimate of drug-likeness (QED) is 0.496. The van der Waals surface area contributed by atoms with Gasteiger partial charge in [-0.2, -0.15) is 0 Å². The Labute approximate surface area is 113 Å². The zero-order chi connectivity index (χ0) is 13.9. The van der Waals surface area contributed by atoms with Gasteiger partial charge < -0.3 is 14.6 Å². The molecule has 0 radical (unpaired) electrons. The van der Waals surface area contributed by atoms with Crippen molar-refractivity contribution in [3.63, 3.8) is 0 Å². The molecule has 0 aromatic carbocycles. The van der Waals surface area contributed by atoms with Crippen LogP contribution in [0.15, 0.2) is 6.07 Å². The van der Waals surface area contributed by atoms with E-state index in [4.69, 9.17) is 0 Å². The van der Waals surface area contributed by atoms with Gasteiger partial charge in [0.2, 0.25) is 0 Å². The molecule has 1 rings (SSSR count). The van der Waals surface area contributed by atoms with Crippen LogP contribution in [0.2, 0.25) is 0 Å². The second kappa shape index (κ2) is 5.59. The molecule has 0 spiro atoms. The first-order chi connectivity index (χ1) is 8.23. The molecule has 5 nitrogen and oxygen atoms in total. The number of carbonyl (C=O) groups is 1. The van der Waals surface area contributed by atoms with E-state index >= 15 is 0 Å². The van der Waals surface area contributed by atoms with Gasteiger partial charge in [-0.3, -0.25) is 4.79 Å². The standard InChI is InChI=1S/C9H7F3INO4/c1-17-7(16)2-4-5(15)3-6(8(13)14-4)18-9(10,11)12/h3,15H,2H2,1H3. The normalized spacial score (nSPS) is 11.2. The van der Waals surface area contributed by atoms with Crippen molar-refractivity contribution in [3.05, 3.63) is 15.5 Å². The number of carbonyl (C=O) groups excluding carboxylic acids is 1. The molecule has 100 valence electrons. The van der Waals surface area contributed by atoms with Gasteiger partial charge in [0, 0.05) is 6.07 Å². The van der Waals surface area contributed by atoms with Gasteiger partial charge >= 0.3 is 12.3 Å². The Balaban J connectivity index is 3.01. The number of nitrogens with zero attached hydrogens (tertiary/aromatic N) is 1. The molecule has 0 saturated heterocycles. The number of hydrogen-bond donors (Lipinski definition) is 1. The van der Waals surface area contributed by atoms with Crippen LogP contribution >= 0.6 is 22.6 Å². The SMILES string of the molecule is COC(=O)Cc1nc(I)c(OC(F)(F)F)cc1O. The highest BCUT2D eigenvalue weighted by atomic mass is 127. The smallest absolute Gasteiger partial charge is 0.506 e. The van der Waals surface area contributed by atoms with Gasteiger partial charge in [0.15, 0.2) is 5.75 Å². The Hall–Kier alpha value is -1.26. The average Bonchev–Trinajstić information content (AvgIpc) is 2.23. The van der Waals surface area contributed by atoms with Gasteiger partial charge in [0.05, 0.1) is 19.2 Å². The summed E-state index contributed by atoms with van der Waals surface area (Å²) >= 11 is 1.50. The largest absolute Gasteiger partial charge is 0.573 e. The number of halogens is 4. The van der Waals surface area contributed by atoms with Gasteiger partial charge in [-0.25, -0.2) is 4.98 Å². The van der Waals surface area contributed by atoms with Crippen LogP contribution in [0.3, 0.4) is 0 Å². The molecular weight excluding hydrogens is 370 g/mol. The molecule has 0 atom stereocenters. The first-order valence-electron chi connectivity index (χ1n) is 4.44. The zero-order valence-corrected chi connectivity index (χ0v) is 11.1. The number of aromatic nitrogens is 1. The molecule has 0 fully saturated rings. The Bertz CT molecular complexity index is 464. The fourth-order valence-electron chi connectivity index (χ4n) is 1.03. The van der Waals surface area contributed by atoms with E-state index in [0.29, 0.717) is 0 Å². The van der Waals surface area contributed by atoms with Gasteiger partial charge in [-0.1, -0.05) is 0 Å². The van der Waals surface area contributed by atoms with Crippen molar-refractivity contribution in [2.24, 2.45) is 0 Å². The van der Waals surface area contributed by atoms with E-state index < -0.39 is 23.8 Å². The third-order valence-corrected chi connectivity index (χ3v) is 2.54. The minimum absolute atomic E-state index is 0.0826. The fourth-order valence-corrected chi connectivity index (χ4v) is 1.59. The maximum atomic E-state index is 12.0. The van der Waals surface area contributed by atoms with E-state index in [-0.39, 0.29) is 15.8 Å². The predicted octanol–water partition coefficient (Wildman–Crippen LogP) is 2.01. The number of methoxy groups -OCH3 is 1. The lowest BCUT2D eigenvalue weighted by molar-refractivity contribution is -0.275. The molecule has 9 heteroatoms. The van der Waals surface area contributed by atoms with Crippen molar-refractivity contribution in [2.45, 2.75) is 12.8 Å². The Morgan fingerprint density at radius 1 is 1.56 bits per heavy atom. The molecule has 0 amide bonds. The van der Waals surface area contributed by atoms with Crippen LogP contribution in [0.4, 0.5) is 13.2 Å². The van der Waals surface area contributed by atoms with E-state index in [1.165, 1.54) is 22.6 Å². The zero-order valence-electron chi connectivity index (χ0n) is 8.92. The maximum Gasteiger partial charge on any atom is 0.573 e. The number of rotatable bonds is 3. The van der Waals surface area contributed by atoms with Crippen LogP contribution in [0, 0.1) is 3.70 Å². The van der Waals surface area contributed by atoms with Gasteiger partial charge in [0.1, 0.15) is 9.45 Å². The molecule has 0 saturated carbocycles. The summed E-state index contributed by atoms with van der Waals surface area (Å²) < 4.78 is 43.9. The maximum absolute atomic E-state index is 12.0. The van der Waals surface area contributed by atoms with Gasteiger partial charge in [0.25, 0.3) is 0 Å². The fraction of sp³-hybridized carbons (Fsp3) is 0.333. The number of alkyl halides is 3. The number of hydrogen-bond acceptors (Lipinski definition) is 5. The highest BCUT2D eigenvalue weighted by molar-refractivity contribution is 14.1. The van der Waals surface area contributed by atoms with Crippen LogP contribution in [0.25, 0.3) is 0 Å². The van der Waals surface area contributed by atoms with E-state index in [0.717, 1.165) is 13.2 Å². The van der Waals surface area contributed by atoms with Crippen molar-refractivity contribution < 1.29 is 32.5 Å². The summed E-state index contributed by atoms with van der Waals surface area (Å²) in [6.45, 7) is 0. The van der Waals surface area contributed by atoms with Crippen molar-refractivity contribution in [3.8, 4) is 11.5 Å². The molecule has 0 bridgehead atoms. The lowest BCUT2D eigenvalue weighted by Crippen LogP contribution is -2.18. The second-order valence-corrected chi connectivity index (χ2v) is 4.07.